The van der Waals surface area contributed by atoms with Gasteiger partial charge >= 0.3 is 0 Å². The Morgan fingerprint density at radius 3 is 2.14 bits per heavy atom. The van der Waals surface area contributed by atoms with Gasteiger partial charge in [0, 0.05) is 13.2 Å². The predicted molar refractivity (Wildman–Crippen MR) is 62.7 cm³/mol. The van der Waals surface area contributed by atoms with Gasteiger partial charge in [-0.15, -0.1) is 0 Å². The number of hydrogen-bond donors (Lipinski definition) is 0. The monoisotopic (exact) mass is 201 g/mol. The minimum absolute atomic E-state index is 0.0157. The molecule has 0 unspecified atom stereocenters. The maximum absolute atomic E-state index is 5.68. The van der Waals surface area contributed by atoms with Crippen LogP contribution in [0.4, 0.5) is 0 Å². The van der Waals surface area contributed by atoms with E-state index in [-0.39, 0.29) is 5.60 Å². The lowest BCUT2D eigenvalue weighted by Crippen LogP contribution is -2.27. The van der Waals surface area contributed by atoms with Crippen LogP contribution in [0.5, 0.6) is 0 Å². The lowest BCUT2D eigenvalue weighted by Gasteiger charge is -2.22. The molecule has 0 aromatic heterocycles. The van der Waals surface area contributed by atoms with E-state index in [1.54, 1.807) is 0 Å². The fourth-order valence-corrected chi connectivity index (χ4v) is 1.41. The number of rotatable bonds is 7. The molecule has 0 spiro atoms. The summed E-state index contributed by atoms with van der Waals surface area (Å²) >= 11 is 0. The molecule has 0 N–H and O–H groups in total. The van der Waals surface area contributed by atoms with Gasteiger partial charge in [0.15, 0.2) is 0 Å². The van der Waals surface area contributed by atoms with Gasteiger partial charge in [0.1, 0.15) is 0 Å². The fraction of sp³-hybridized carbons (Fsp3) is 1.00. The predicted octanol–water partition coefficient (Wildman–Crippen LogP) is 2.92. The third-order valence-electron chi connectivity index (χ3n) is 2.14. The maximum atomic E-state index is 5.68. The zero-order valence-corrected chi connectivity index (χ0v) is 10.6. The van der Waals surface area contributed by atoms with Crippen molar-refractivity contribution in [3.8, 4) is 0 Å². The molecule has 0 bridgehead atoms. The molecule has 0 aromatic rings. The Labute approximate surface area is 89.6 Å². The van der Waals surface area contributed by atoms with Gasteiger partial charge in [-0.3, -0.25) is 0 Å². The van der Waals surface area contributed by atoms with Gasteiger partial charge in [0.05, 0.1) is 5.60 Å². The molecule has 0 aliphatic heterocycles. The third-order valence-corrected chi connectivity index (χ3v) is 2.14. The first-order valence-electron chi connectivity index (χ1n) is 5.86. The highest BCUT2D eigenvalue weighted by molar-refractivity contribution is 4.60. The van der Waals surface area contributed by atoms with Crippen LogP contribution in [-0.2, 0) is 4.74 Å². The Morgan fingerprint density at radius 1 is 1.07 bits per heavy atom. The molecule has 0 aliphatic carbocycles. The van der Waals surface area contributed by atoms with Crippen molar-refractivity contribution in [1.29, 1.82) is 0 Å². The van der Waals surface area contributed by atoms with Gasteiger partial charge in [-0.1, -0.05) is 13.8 Å². The van der Waals surface area contributed by atoms with Gasteiger partial charge in [-0.2, -0.15) is 0 Å². The molecule has 0 atom stereocenters. The van der Waals surface area contributed by atoms with Gasteiger partial charge in [-0.05, 0) is 46.7 Å². The van der Waals surface area contributed by atoms with Crippen LogP contribution in [0, 0.1) is 0 Å². The Balaban J connectivity index is 3.42. The van der Waals surface area contributed by atoms with Crippen molar-refractivity contribution in [1.82, 2.24) is 4.90 Å². The Morgan fingerprint density at radius 2 is 1.71 bits per heavy atom. The Bertz CT molecular complexity index is 129. The van der Waals surface area contributed by atoms with Crippen LogP contribution in [0.15, 0.2) is 0 Å². The topological polar surface area (TPSA) is 12.5 Å². The lowest BCUT2D eigenvalue weighted by molar-refractivity contribution is -0.00677. The average molecular weight is 201 g/mol. The van der Waals surface area contributed by atoms with E-state index in [1.807, 2.05) is 0 Å². The molecule has 0 heterocycles. The molecule has 0 aliphatic rings. The minimum atomic E-state index is 0.0157. The van der Waals surface area contributed by atoms with Crippen LogP contribution in [-0.4, -0.2) is 36.7 Å². The molecule has 2 nitrogen and oxygen atoms in total. The second-order valence-corrected chi connectivity index (χ2v) is 4.75. The first-order valence-corrected chi connectivity index (χ1v) is 5.86. The van der Waals surface area contributed by atoms with E-state index >= 15 is 0 Å². The summed E-state index contributed by atoms with van der Waals surface area (Å²) in [6.45, 7) is 15.2. The average Bonchev–Trinajstić information content (AvgIpc) is 2.08. The molecule has 14 heavy (non-hydrogen) atoms. The lowest BCUT2D eigenvalue weighted by atomic mass is 10.2. The zero-order valence-electron chi connectivity index (χ0n) is 10.6. The molecule has 0 saturated carbocycles. The molecule has 0 saturated heterocycles. The van der Waals surface area contributed by atoms with Gasteiger partial charge in [-0.25, -0.2) is 0 Å². The van der Waals surface area contributed by atoms with E-state index < -0.39 is 0 Å². The minimum Gasteiger partial charge on any atom is -0.376 e. The summed E-state index contributed by atoms with van der Waals surface area (Å²) in [6.07, 6.45) is 2.39. The normalized spacial score (nSPS) is 12.4. The molecule has 0 amide bonds. The van der Waals surface area contributed by atoms with Crippen LogP contribution >= 0.6 is 0 Å². The third kappa shape index (κ3) is 8.52. The van der Waals surface area contributed by atoms with E-state index in [0.717, 1.165) is 19.6 Å². The van der Waals surface area contributed by atoms with Crippen LogP contribution in [0.1, 0.15) is 47.5 Å². The molecular weight excluding hydrogens is 174 g/mol. The van der Waals surface area contributed by atoms with E-state index in [2.05, 4.69) is 39.5 Å². The maximum Gasteiger partial charge on any atom is 0.0598 e. The summed E-state index contributed by atoms with van der Waals surface area (Å²) < 4.78 is 5.68. The molecular formula is C12H27NO. The number of hydrogen-bond acceptors (Lipinski definition) is 2. The van der Waals surface area contributed by atoms with Crippen molar-refractivity contribution in [3.05, 3.63) is 0 Å². The number of ether oxygens (including phenoxy) is 1. The molecule has 0 rings (SSSR count). The van der Waals surface area contributed by atoms with Gasteiger partial charge in [0.2, 0.25) is 0 Å². The van der Waals surface area contributed by atoms with E-state index in [1.165, 1.54) is 19.5 Å². The largest absolute Gasteiger partial charge is 0.376 e. The molecule has 2 heteroatoms. The quantitative estimate of drug-likeness (QED) is 0.587. The van der Waals surface area contributed by atoms with Crippen molar-refractivity contribution in [2.45, 2.75) is 53.1 Å². The standard InChI is InChI=1S/C12H27NO/c1-6-9-13(7-2)10-8-11-14-12(3,4)5/h6-11H2,1-5H3. The van der Waals surface area contributed by atoms with E-state index in [0.29, 0.717) is 0 Å². The smallest absolute Gasteiger partial charge is 0.0598 e. The van der Waals surface area contributed by atoms with Crippen molar-refractivity contribution in [3.63, 3.8) is 0 Å². The Kier molecular flexibility index (Phi) is 7.20. The summed E-state index contributed by atoms with van der Waals surface area (Å²) in [4.78, 5) is 2.48. The van der Waals surface area contributed by atoms with Gasteiger partial charge in [0.25, 0.3) is 0 Å². The zero-order chi connectivity index (χ0) is 11.0. The van der Waals surface area contributed by atoms with E-state index in [9.17, 15) is 0 Å². The summed E-state index contributed by atoms with van der Waals surface area (Å²) in [6, 6.07) is 0. The van der Waals surface area contributed by atoms with E-state index in [4.69, 9.17) is 4.74 Å². The number of nitrogens with zero attached hydrogens (tertiary/aromatic N) is 1. The second-order valence-electron chi connectivity index (χ2n) is 4.75. The summed E-state index contributed by atoms with van der Waals surface area (Å²) in [7, 11) is 0. The summed E-state index contributed by atoms with van der Waals surface area (Å²) in [5.74, 6) is 0. The highest BCUT2D eigenvalue weighted by Crippen LogP contribution is 2.07. The fourth-order valence-electron chi connectivity index (χ4n) is 1.41. The van der Waals surface area contributed by atoms with Crippen molar-refractivity contribution in [2.24, 2.45) is 0 Å². The highest BCUT2D eigenvalue weighted by atomic mass is 16.5. The van der Waals surface area contributed by atoms with Crippen LogP contribution < -0.4 is 0 Å². The molecule has 0 fully saturated rings. The summed E-state index contributed by atoms with van der Waals surface area (Å²) in [5, 5.41) is 0. The highest BCUT2D eigenvalue weighted by Gasteiger charge is 2.09. The molecule has 0 aromatic carbocycles. The van der Waals surface area contributed by atoms with Crippen molar-refractivity contribution in [2.75, 3.05) is 26.2 Å². The molecule has 0 radical (unpaired) electrons. The van der Waals surface area contributed by atoms with Crippen LogP contribution in [0.2, 0.25) is 0 Å². The van der Waals surface area contributed by atoms with Crippen molar-refractivity contribution >= 4 is 0 Å². The van der Waals surface area contributed by atoms with Crippen molar-refractivity contribution < 1.29 is 4.74 Å². The van der Waals surface area contributed by atoms with Gasteiger partial charge < -0.3 is 9.64 Å². The first kappa shape index (κ1) is 13.9. The van der Waals surface area contributed by atoms with Crippen LogP contribution in [0.25, 0.3) is 0 Å². The first-order chi connectivity index (χ1) is 6.49. The second kappa shape index (κ2) is 7.24. The summed E-state index contributed by atoms with van der Waals surface area (Å²) in [5.41, 5.74) is 0.0157. The Hall–Kier alpha value is -0.0800. The molecule has 86 valence electrons. The SMILES string of the molecule is CCCN(CC)CCCOC(C)(C)C. The van der Waals surface area contributed by atoms with Crippen LogP contribution in [0.3, 0.4) is 0 Å².